The maximum Gasteiger partial charge on any atom is 0.411 e. The Hall–Kier alpha value is -2.63. The molecule has 2 aromatic carbocycles. The van der Waals surface area contributed by atoms with E-state index in [-0.39, 0.29) is 12.4 Å². The lowest BCUT2D eigenvalue weighted by Gasteiger charge is -2.30. The second-order valence-corrected chi connectivity index (χ2v) is 5.15. The molecule has 2 rings (SSSR count). The van der Waals surface area contributed by atoms with Gasteiger partial charge in [0.15, 0.2) is 0 Å². The lowest BCUT2D eigenvalue weighted by atomic mass is 9.58. The molecule has 4 N–H and O–H groups in total. The van der Waals surface area contributed by atoms with E-state index in [1.807, 2.05) is 0 Å². The van der Waals surface area contributed by atoms with Crippen LogP contribution in [0.4, 0.5) is 26.2 Å². The molecule has 0 atom stereocenters. The van der Waals surface area contributed by atoms with Crippen molar-refractivity contribution in [3.8, 4) is 0 Å². The van der Waals surface area contributed by atoms with E-state index in [0.29, 0.717) is 22.6 Å². The third kappa shape index (κ3) is 4.44. The summed E-state index contributed by atoms with van der Waals surface area (Å²) in [4.78, 5) is 11.4. The van der Waals surface area contributed by atoms with Crippen LogP contribution in [0.3, 0.4) is 0 Å². The molecule has 5 nitrogen and oxygen atoms in total. The maximum atomic E-state index is 13.0. The Morgan fingerprint density at radius 1 is 1.25 bits per heavy atom. The molecule has 0 saturated carbocycles. The lowest BCUT2D eigenvalue weighted by molar-refractivity contribution is 0.168. The summed E-state index contributed by atoms with van der Waals surface area (Å²) in [5.41, 5.74) is 7.65. The van der Waals surface area contributed by atoms with Crippen LogP contribution in [0.15, 0.2) is 42.5 Å². The van der Waals surface area contributed by atoms with Gasteiger partial charge in [0.05, 0.1) is 33.7 Å². The molecule has 0 spiro atoms. The molecule has 4 radical (unpaired) electrons. The molecule has 24 heavy (non-hydrogen) atoms. The number of nitrogens with one attached hydrogen (secondary N) is 2. The van der Waals surface area contributed by atoms with Gasteiger partial charge in [-0.05, 0) is 48.2 Å². The number of anilines is 3. The molecular weight excluding hydrogens is 307 g/mol. The molecule has 0 unspecified atom stereocenters. The van der Waals surface area contributed by atoms with Crippen LogP contribution >= 0.6 is 0 Å². The average Bonchev–Trinajstić information content (AvgIpc) is 2.50. The second-order valence-electron chi connectivity index (χ2n) is 5.15. The summed E-state index contributed by atoms with van der Waals surface area (Å²) in [6, 6.07) is 10.3. The van der Waals surface area contributed by atoms with Gasteiger partial charge in [-0.25, -0.2) is 9.18 Å². The van der Waals surface area contributed by atoms with Gasteiger partial charge < -0.3 is 15.8 Å². The third-order valence-corrected chi connectivity index (χ3v) is 3.24. The summed E-state index contributed by atoms with van der Waals surface area (Å²) in [6.45, 7) is 1.96. The highest BCUT2D eigenvalue weighted by atomic mass is 19.1. The van der Waals surface area contributed by atoms with Crippen molar-refractivity contribution >= 4 is 38.8 Å². The minimum Gasteiger partial charge on any atom is -0.450 e. The fourth-order valence-electron chi connectivity index (χ4n) is 2.07. The molecule has 0 heterocycles. The summed E-state index contributed by atoms with van der Waals surface area (Å²) in [5, 5.41) is 4.01. The van der Waals surface area contributed by atoms with Crippen LogP contribution < -0.4 is 16.4 Å². The van der Waals surface area contributed by atoms with E-state index in [1.54, 1.807) is 25.1 Å². The number of halogens is 1. The van der Waals surface area contributed by atoms with Crippen molar-refractivity contribution in [2.45, 2.75) is 12.3 Å². The Morgan fingerprint density at radius 3 is 2.50 bits per heavy atom. The van der Waals surface area contributed by atoms with Gasteiger partial charge in [0.25, 0.3) is 0 Å². The van der Waals surface area contributed by atoms with Crippen LogP contribution in [0, 0.1) is 5.82 Å². The highest BCUT2D eigenvalue weighted by Gasteiger charge is 2.19. The highest BCUT2D eigenvalue weighted by Crippen LogP contribution is 2.27. The molecule has 0 aromatic heterocycles. The largest absolute Gasteiger partial charge is 0.450 e. The van der Waals surface area contributed by atoms with Crippen molar-refractivity contribution in [2.75, 3.05) is 23.0 Å². The summed E-state index contributed by atoms with van der Waals surface area (Å²) >= 11 is 0. The molecule has 0 bridgehead atoms. The number of carbonyl (C=O) groups is 1. The minimum atomic E-state index is -1.42. The van der Waals surface area contributed by atoms with Crippen LogP contribution in [0.1, 0.15) is 12.5 Å². The number of hydrogen-bond donors (Lipinski definition) is 3. The normalized spacial score (nSPS) is 10.9. The second kappa shape index (κ2) is 7.29. The van der Waals surface area contributed by atoms with Crippen LogP contribution in [0.5, 0.6) is 0 Å². The predicted molar refractivity (Wildman–Crippen MR) is 94.7 cm³/mol. The van der Waals surface area contributed by atoms with Crippen molar-refractivity contribution in [3.05, 3.63) is 53.8 Å². The summed E-state index contributed by atoms with van der Waals surface area (Å²) in [6.07, 6.45) is -0.594. The zero-order valence-corrected chi connectivity index (χ0v) is 13.2. The van der Waals surface area contributed by atoms with E-state index in [9.17, 15) is 9.18 Å². The first kappa shape index (κ1) is 17.7. The first-order chi connectivity index (χ1) is 11.3. The molecule has 8 heteroatoms. The Morgan fingerprint density at radius 2 is 1.92 bits per heavy atom. The Labute approximate surface area is 142 Å². The number of nitrogens with two attached hydrogens (primary N) is 1. The summed E-state index contributed by atoms with van der Waals surface area (Å²) in [7, 11) is 12.1. The zero-order valence-electron chi connectivity index (χ0n) is 13.2. The van der Waals surface area contributed by atoms with E-state index < -0.39 is 11.4 Å². The predicted octanol–water partition coefficient (Wildman–Crippen LogP) is 2.54. The van der Waals surface area contributed by atoms with Gasteiger partial charge in [0, 0.05) is 5.69 Å². The van der Waals surface area contributed by atoms with Crippen molar-refractivity contribution in [1.82, 2.24) is 0 Å². The molecule has 0 saturated heterocycles. The van der Waals surface area contributed by atoms with E-state index in [0.717, 1.165) is 0 Å². The van der Waals surface area contributed by atoms with Gasteiger partial charge in [-0.1, -0.05) is 12.1 Å². The monoisotopic (exact) mass is 323 g/mol. The summed E-state index contributed by atoms with van der Waals surface area (Å²) < 4.78 is 17.8. The topological polar surface area (TPSA) is 76.4 Å². The number of nitrogen functional groups attached to an aromatic ring is 1. The van der Waals surface area contributed by atoms with Gasteiger partial charge in [0.2, 0.25) is 0 Å². The highest BCUT2D eigenvalue weighted by molar-refractivity contribution is 6.41. The van der Waals surface area contributed by atoms with Crippen LogP contribution in [0.25, 0.3) is 0 Å². The van der Waals surface area contributed by atoms with E-state index in [2.05, 4.69) is 10.6 Å². The van der Waals surface area contributed by atoms with Gasteiger partial charge in [0.1, 0.15) is 5.82 Å². The number of benzene rings is 2. The Balaban J connectivity index is 2.13. The number of carbonyl (C=O) groups excluding carboxylic acids is 1. The first-order valence-corrected chi connectivity index (χ1v) is 7.27. The minimum absolute atomic E-state index is 0.256. The Bertz CT molecular complexity index is 724. The molecule has 0 aliphatic heterocycles. The molecule has 1 amide bonds. The fraction of sp³-hybridized carbons (Fsp3) is 0.188. The molecule has 2 aromatic rings. The Kier molecular flexibility index (Phi) is 5.39. The van der Waals surface area contributed by atoms with Crippen molar-refractivity contribution in [1.29, 1.82) is 0 Å². The molecular formula is C16H16B2FN3O2. The SMILES string of the molecule is [B]C([B])(Nc1ccc(NC(=O)OCC)c(N)c1)c1ccc(F)cc1. The fourth-order valence-corrected chi connectivity index (χ4v) is 2.07. The van der Waals surface area contributed by atoms with Crippen LogP contribution in [-0.2, 0) is 10.1 Å². The van der Waals surface area contributed by atoms with Gasteiger partial charge in [-0.15, -0.1) is 0 Å². The quantitative estimate of drug-likeness (QED) is 0.584. The zero-order chi connectivity index (χ0) is 17.7. The summed E-state index contributed by atoms with van der Waals surface area (Å²) in [5.74, 6) is -0.381. The van der Waals surface area contributed by atoms with E-state index >= 15 is 0 Å². The van der Waals surface area contributed by atoms with Gasteiger partial charge in [-0.3, -0.25) is 5.32 Å². The number of amides is 1. The van der Waals surface area contributed by atoms with Gasteiger partial charge in [-0.2, -0.15) is 0 Å². The third-order valence-electron chi connectivity index (χ3n) is 3.24. The maximum absolute atomic E-state index is 13.0. The standard InChI is InChI=1S/C16H16B2FN3O2/c1-2-24-15(23)21-14-8-7-12(9-13(14)20)22-16(17,18)10-3-5-11(19)6-4-10/h3-9,22H,2,20H2,1H3,(H,21,23). The number of rotatable bonds is 5. The lowest BCUT2D eigenvalue weighted by Crippen LogP contribution is -2.36. The van der Waals surface area contributed by atoms with E-state index in [4.69, 9.17) is 26.2 Å². The molecule has 120 valence electrons. The first-order valence-electron chi connectivity index (χ1n) is 7.27. The van der Waals surface area contributed by atoms with Crippen molar-refractivity contribution in [3.63, 3.8) is 0 Å². The van der Waals surface area contributed by atoms with Crippen LogP contribution in [0.2, 0.25) is 0 Å². The average molecular weight is 323 g/mol. The van der Waals surface area contributed by atoms with Gasteiger partial charge >= 0.3 is 6.09 Å². The molecule has 0 fully saturated rings. The number of hydrogen-bond acceptors (Lipinski definition) is 4. The van der Waals surface area contributed by atoms with Crippen molar-refractivity contribution < 1.29 is 13.9 Å². The molecule has 0 aliphatic carbocycles. The molecule has 0 aliphatic rings. The van der Waals surface area contributed by atoms with Crippen molar-refractivity contribution in [2.24, 2.45) is 0 Å². The van der Waals surface area contributed by atoms with Crippen LogP contribution in [-0.4, -0.2) is 28.4 Å². The number of ether oxygens (including phenoxy) is 1. The van der Waals surface area contributed by atoms with E-state index in [1.165, 1.54) is 24.3 Å². The smallest absolute Gasteiger partial charge is 0.411 e.